The predicted octanol–water partition coefficient (Wildman–Crippen LogP) is 5.08. The number of phenols is 1. The van der Waals surface area contributed by atoms with Crippen molar-refractivity contribution in [3.05, 3.63) is 59.2 Å². The van der Waals surface area contributed by atoms with Crippen molar-refractivity contribution in [2.45, 2.75) is 32.3 Å². The molecule has 2 aromatic carbocycles. The summed E-state index contributed by atoms with van der Waals surface area (Å²) < 4.78 is 11.3. The van der Waals surface area contributed by atoms with Crippen LogP contribution in [0.1, 0.15) is 48.2 Å². The molecule has 0 radical (unpaired) electrons. The van der Waals surface area contributed by atoms with Crippen molar-refractivity contribution in [1.29, 1.82) is 0 Å². The molecule has 5 nitrogen and oxygen atoms in total. The Kier molecular flexibility index (Phi) is 5.29. The fourth-order valence-corrected chi connectivity index (χ4v) is 3.91. The number of carbonyl (C=O) groups is 1. The lowest BCUT2D eigenvalue weighted by molar-refractivity contribution is 0.104. The number of hydrogen-bond acceptors (Lipinski definition) is 5. The van der Waals surface area contributed by atoms with E-state index in [0.29, 0.717) is 11.3 Å². The second-order valence-electron chi connectivity index (χ2n) is 8.24. The van der Waals surface area contributed by atoms with Crippen molar-refractivity contribution in [2.24, 2.45) is 0 Å². The van der Waals surface area contributed by atoms with E-state index < -0.39 is 5.60 Å². The maximum atomic E-state index is 12.9. The van der Waals surface area contributed by atoms with E-state index in [1.807, 2.05) is 32.1 Å². The molecule has 0 saturated carbocycles. The molecule has 2 aliphatic heterocycles. The smallest absolute Gasteiger partial charge is 0.193 e. The molecule has 2 heterocycles. The molecule has 0 unspecified atom stereocenters. The van der Waals surface area contributed by atoms with Crippen LogP contribution in [0.5, 0.6) is 17.2 Å². The van der Waals surface area contributed by atoms with Gasteiger partial charge in [0.25, 0.3) is 0 Å². The lowest BCUT2D eigenvalue weighted by atomic mass is 9.97. The highest BCUT2D eigenvalue weighted by Gasteiger charge is 2.28. The van der Waals surface area contributed by atoms with E-state index in [0.717, 1.165) is 18.7 Å². The topological polar surface area (TPSA) is 59.0 Å². The highest BCUT2D eigenvalue weighted by Crippen LogP contribution is 2.43. The van der Waals surface area contributed by atoms with E-state index in [9.17, 15) is 9.90 Å². The van der Waals surface area contributed by atoms with Crippen LogP contribution in [0.4, 0.5) is 5.69 Å². The minimum Gasteiger partial charge on any atom is -0.506 e. The Morgan fingerprint density at radius 1 is 1.20 bits per heavy atom. The van der Waals surface area contributed by atoms with Crippen LogP contribution in [-0.4, -0.2) is 36.7 Å². The number of aromatic hydroxyl groups is 1. The van der Waals surface area contributed by atoms with E-state index in [-0.39, 0.29) is 22.8 Å². The number of rotatable bonds is 5. The van der Waals surface area contributed by atoms with E-state index in [4.69, 9.17) is 9.47 Å². The van der Waals surface area contributed by atoms with Crippen LogP contribution >= 0.6 is 0 Å². The number of carbonyl (C=O) groups excluding carboxylic acids is 1. The first-order valence-electron chi connectivity index (χ1n) is 10.3. The molecule has 5 heteroatoms. The Bertz CT molecular complexity index is 1010. The summed E-state index contributed by atoms with van der Waals surface area (Å²) in [5.41, 5.74) is 2.26. The Labute approximate surface area is 177 Å². The lowest BCUT2D eigenvalue weighted by Gasteiger charge is -2.29. The SMILES string of the molecule is COc1cc2c(c(O)c1C(=O)/C=C/c1ccc(N3CCCC3)cc1)C=CC(C)(C)O2. The van der Waals surface area contributed by atoms with Crippen molar-refractivity contribution < 1.29 is 19.4 Å². The molecule has 0 aliphatic carbocycles. The highest BCUT2D eigenvalue weighted by atomic mass is 16.5. The number of hydrogen-bond donors (Lipinski definition) is 1. The van der Waals surface area contributed by atoms with Gasteiger partial charge in [0.2, 0.25) is 0 Å². The van der Waals surface area contributed by atoms with Gasteiger partial charge < -0.3 is 19.5 Å². The van der Waals surface area contributed by atoms with Gasteiger partial charge in [-0.3, -0.25) is 4.79 Å². The van der Waals surface area contributed by atoms with Crippen molar-refractivity contribution in [3.63, 3.8) is 0 Å². The van der Waals surface area contributed by atoms with Crippen molar-refractivity contribution in [1.82, 2.24) is 0 Å². The minimum absolute atomic E-state index is 0.130. The van der Waals surface area contributed by atoms with Crippen LogP contribution in [-0.2, 0) is 0 Å². The summed E-state index contributed by atoms with van der Waals surface area (Å²) in [6.07, 6.45) is 9.33. The Morgan fingerprint density at radius 2 is 1.90 bits per heavy atom. The third-order valence-corrected chi connectivity index (χ3v) is 5.55. The highest BCUT2D eigenvalue weighted by molar-refractivity contribution is 6.11. The zero-order valence-electron chi connectivity index (χ0n) is 17.6. The number of ether oxygens (including phenoxy) is 2. The molecule has 1 fully saturated rings. The average molecular weight is 405 g/mol. The minimum atomic E-state index is -0.489. The van der Waals surface area contributed by atoms with Gasteiger partial charge in [0.05, 0.1) is 12.7 Å². The Morgan fingerprint density at radius 3 is 2.57 bits per heavy atom. The third kappa shape index (κ3) is 3.92. The zero-order chi connectivity index (χ0) is 21.3. The first-order chi connectivity index (χ1) is 14.4. The summed E-state index contributed by atoms with van der Waals surface area (Å²) in [6.45, 7) is 6.04. The van der Waals surface area contributed by atoms with Gasteiger partial charge in [-0.1, -0.05) is 18.2 Å². The van der Waals surface area contributed by atoms with Gasteiger partial charge in [0.15, 0.2) is 5.78 Å². The normalized spacial score (nSPS) is 17.1. The molecule has 1 N–H and O–H groups in total. The molecule has 1 saturated heterocycles. The summed E-state index contributed by atoms with van der Waals surface area (Å²) in [5, 5.41) is 10.8. The Balaban J connectivity index is 1.58. The molecular formula is C25H27NO4. The standard InChI is InChI=1S/C25H27NO4/c1-25(2)13-12-19-21(30-25)16-22(29-3)23(24(19)28)20(27)11-8-17-6-9-18(10-7-17)26-14-4-5-15-26/h6-13,16,28H,4-5,14-15H2,1-3H3/b11-8+. The van der Waals surface area contributed by atoms with Gasteiger partial charge in [-0.15, -0.1) is 0 Å². The number of benzene rings is 2. The van der Waals surface area contributed by atoms with Crippen LogP contribution in [0.3, 0.4) is 0 Å². The molecule has 0 atom stereocenters. The van der Waals surface area contributed by atoms with E-state index in [2.05, 4.69) is 17.0 Å². The van der Waals surface area contributed by atoms with Crippen LogP contribution in [0.25, 0.3) is 12.2 Å². The molecular weight excluding hydrogens is 378 g/mol. The molecule has 2 aliphatic rings. The van der Waals surface area contributed by atoms with Crippen molar-refractivity contribution >= 4 is 23.6 Å². The summed E-state index contributed by atoms with van der Waals surface area (Å²) in [5.74, 6) is 0.329. The van der Waals surface area contributed by atoms with Gasteiger partial charge in [0.1, 0.15) is 28.4 Å². The van der Waals surface area contributed by atoms with E-state index in [1.165, 1.54) is 31.7 Å². The van der Waals surface area contributed by atoms with Crippen LogP contribution in [0, 0.1) is 0 Å². The number of methoxy groups -OCH3 is 1. The molecule has 156 valence electrons. The lowest BCUT2D eigenvalue weighted by Crippen LogP contribution is -2.27. The van der Waals surface area contributed by atoms with Gasteiger partial charge in [-0.25, -0.2) is 0 Å². The number of nitrogens with zero attached hydrogens (tertiary/aromatic N) is 1. The number of anilines is 1. The second-order valence-corrected chi connectivity index (χ2v) is 8.24. The molecule has 30 heavy (non-hydrogen) atoms. The fraction of sp³-hybridized carbons (Fsp3) is 0.320. The predicted molar refractivity (Wildman–Crippen MR) is 120 cm³/mol. The fourth-order valence-electron chi connectivity index (χ4n) is 3.91. The number of ketones is 1. The van der Waals surface area contributed by atoms with Crippen molar-refractivity contribution in [2.75, 3.05) is 25.1 Å². The zero-order valence-corrected chi connectivity index (χ0v) is 17.6. The maximum absolute atomic E-state index is 12.9. The monoisotopic (exact) mass is 405 g/mol. The summed E-state index contributed by atoms with van der Waals surface area (Å²) in [6, 6.07) is 9.82. The van der Waals surface area contributed by atoms with Crippen LogP contribution in [0.15, 0.2) is 42.5 Å². The van der Waals surface area contributed by atoms with Crippen LogP contribution < -0.4 is 14.4 Å². The molecule has 0 bridgehead atoms. The molecule has 2 aromatic rings. The quantitative estimate of drug-likeness (QED) is 0.555. The number of phenolic OH excluding ortho intramolecular Hbond substituents is 1. The molecule has 4 rings (SSSR count). The van der Waals surface area contributed by atoms with Gasteiger partial charge in [0, 0.05) is 24.8 Å². The molecule has 0 aromatic heterocycles. The average Bonchev–Trinajstić information content (AvgIpc) is 3.26. The van der Waals surface area contributed by atoms with Crippen LogP contribution in [0.2, 0.25) is 0 Å². The number of allylic oxidation sites excluding steroid dienone is 1. The van der Waals surface area contributed by atoms with Gasteiger partial charge >= 0.3 is 0 Å². The summed E-state index contributed by atoms with van der Waals surface area (Å²) in [7, 11) is 1.47. The second kappa shape index (κ2) is 7.90. The number of fused-ring (bicyclic) bond motifs is 1. The van der Waals surface area contributed by atoms with E-state index >= 15 is 0 Å². The van der Waals surface area contributed by atoms with E-state index in [1.54, 1.807) is 18.2 Å². The first kappa shape index (κ1) is 20.1. The molecule has 0 amide bonds. The maximum Gasteiger partial charge on any atom is 0.193 e. The largest absolute Gasteiger partial charge is 0.506 e. The van der Waals surface area contributed by atoms with Gasteiger partial charge in [-0.2, -0.15) is 0 Å². The summed E-state index contributed by atoms with van der Waals surface area (Å²) >= 11 is 0. The van der Waals surface area contributed by atoms with Crippen molar-refractivity contribution in [3.8, 4) is 17.2 Å². The first-order valence-corrected chi connectivity index (χ1v) is 10.3. The third-order valence-electron chi connectivity index (χ3n) is 5.55. The Hall–Kier alpha value is -3.21. The molecule has 0 spiro atoms. The summed E-state index contributed by atoms with van der Waals surface area (Å²) in [4.78, 5) is 15.3. The van der Waals surface area contributed by atoms with Gasteiger partial charge in [-0.05, 0) is 62.6 Å².